The maximum absolute atomic E-state index is 13.1. The number of hydrogen-bond acceptors (Lipinski definition) is 4. The van der Waals surface area contributed by atoms with Gasteiger partial charge in [0.15, 0.2) is 11.3 Å². The van der Waals surface area contributed by atoms with Crippen LogP contribution in [0.15, 0.2) is 12.1 Å². The van der Waals surface area contributed by atoms with Crippen molar-refractivity contribution in [2.75, 3.05) is 26.2 Å². The number of halogens is 4. The molecule has 0 fully saturated rings. The van der Waals surface area contributed by atoms with Crippen molar-refractivity contribution in [1.29, 1.82) is 0 Å². The number of likely N-dealkylation sites (N-methyl/N-ethyl adjacent to an activating group) is 1. The number of hydrogen-bond donors (Lipinski definition) is 1. The SMILES string of the molecule is CCN(CC)CCNC(=O)c1cc2nc(C(F)F)cc(C(F)F)n2n1. The van der Waals surface area contributed by atoms with E-state index in [1.54, 1.807) is 0 Å². The molecule has 1 N–H and O–H groups in total. The largest absolute Gasteiger partial charge is 0.349 e. The lowest BCUT2D eigenvalue weighted by Crippen LogP contribution is -2.34. The zero-order chi connectivity index (χ0) is 18.6. The Morgan fingerprint density at radius 3 is 2.44 bits per heavy atom. The quantitative estimate of drug-likeness (QED) is 0.735. The molecule has 0 aliphatic carbocycles. The van der Waals surface area contributed by atoms with Crippen molar-refractivity contribution in [2.24, 2.45) is 0 Å². The average Bonchev–Trinajstić information content (AvgIpc) is 3.01. The van der Waals surface area contributed by atoms with E-state index < -0.39 is 30.1 Å². The van der Waals surface area contributed by atoms with Crippen LogP contribution in [0.2, 0.25) is 0 Å². The van der Waals surface area contributed by atoms with E-state index in [9.17, 15) is 22.4 Å². The highest BCUT2D eigenvalue weighted by Gasteiger charge is 2.21. The molecule has 0 saturated carbocycles. The van der Waals surface area contributed by atoms with Gasteiger partial charge in [-0.1, -0.05) is 13.8 Å². The van der Waals surface area contributed by atoms with Crippen LogP contribution >= 0.6 is 0 Å². The van der Waals surface area contributed by atoms with Crippen LogP contribution < -0.4 is 5.32 Å². The van der Waals surface area contributed by atoms with Crippen molar-refractivity contribution in [1.82, 2.24) is 24.8 Å². The minimum absolute atomic E-state index is 0.152. The number of alkyl halides is 4. The predicted molar refractivity (Wildman–Crippen MR) is 83.0 cm³/mol. The second-order valence-corrected chi connectivity index (χ2v) is 5.29. The van der Waals surface area contributed by atoms with Crippen LogP contribution in [-0.4, -0.2) is 51.6 Å². The molecular formula is C15H19F4N5O. The third-order valence-corrected chi connectivity index (χ3v) is 3.76. The van der Waals surface area contributed by atoms with Crippen LogP contribution in [0.3, 0.4) is 0 Å². The minimum Gasteiger partial charge on any atom is -0.349 e. The number of amides is 1. The molecule has 1 amide bonds. The van der Waals surface area contributed by atoms with Crippen LogP contribution in [0.5, 0.6) is 0 Å². The summed E-state index contributed by atoms with van der Waals surface area (Å²) in [5, 5.41) is 6.40. The molecular weight excluding hydrogens is 342 g/mol. The molecule has 0 aliphatic heterocycles. The molecule has 2 rings (SSSR count). The van der Waals surface area contributed by atoms with Gasteiger partial charge in [0.25, 0.3) is 18.8 Å². The zero-order valence-electron chi connectivity index (χ0n) is 13.8. The molecule has 0 unspecified atom stereocenters. The number of aromatic nitrogens is 3. The molecule has 2 heterocycles. The second kappa shape index (κ2) is 8.24. The van der Waals surface area contributed by atoms with Gasteiger partial charge in [0.1, 0.15) is 11.4 Å². The van der Waals surface area contributed by atoms with Crippen LogP contribution in [0, 0.1) is 0 Å². The lowest BCUT2D eigenvalue weighted by molar-refractivity contribution is 0.0942. The predicted octanol–water partition coefficient (Wildman–Crippen LogP) is 2.68. The Labute approximate surface area is 141 Å². The third kappa shape index (κ3) is 4.44. The van der Waals surface area contributed by atoms with Gasteiger partial charge < -0.3 is 10.2 Å². The van der Waals surface area contributed by atoms with Crippen molar-refractivity contribution in [3.05, 3.63) is 29.2 Å². The van der Waals surface area contributed by atoms with E-state index in [1.807, 2.05) is 13.8 Å². The van der Waals surface area contributed by atoms with Crippen LogP contribution in [0.1, 0.15) is 48.6 Å². The van der Waals surface area contributed by atoms with E-state index in [0.29, 0.717) is 19.2 Å². The second-order valence-electron chi connectivity index (χ2n) is 5.29. The summed E-state index contributed by atoms with van der Waals surface area (Å²) in [6.07, 6.45) is -6.02. The highest BCUT2D eigenvalue weighted by Crippen LogP contribution is 2.25. The summed E-state index contributed by atoms with van der Waals surface area (Å²) >= 11 is 0. The molecule has 0 radical (unpaired) electrons. The summed E-state index contributed by atoms with van der Waals surface area (Å²) in [5.74, 6) is -0.573. The van der Waals surface area contributed by atoms with Gasteiger partial charge in [0.2, 0.25) is 0 Å². The van der Waals surface area contributed by atoms with Crippen LogP contribution in [0.25, 0.3) is 5.65 Å². The summed E-state index contributed by atoms with van der Waals surface area (Å²) in [4.78, 5) is 17.8. The van der Waals surface area contributed by atoms with E-state index in [0.717, 1.165) is 23.7 Å². The number of fused-ring (bicyclic) bond motifs is 1. The van der Waals surface area contributed by atoms with Crippen molar-refractivity contribution < 1.29 is 22.4 Å². The number of carbonyl (C=O) groups is 1. The lowest BCUT2D eigenvalue weighted by Gasteiger charge is -2.17. The van der Waals surface area contributed by atoms with Gasteiger partial charge in [-0.15, -0.1) is 0 Å². The molecule has 6 nitrogen and oxygen atoms in total. The molecule has 138 valence electrons. The highest BCUT2D eigenvalue weighted by molar-refractivity contribution is 5.93. The van der Waals surface area contributed by atoms with E-state index in [2.05, 4.69) is 20.3 Å². The first kappa shape index (κ1) is 19.1. The molecule has 0 aliphatic rings. The molecule has 0 atom stereocenters. The zero-order valence-corrected chi connectivity index (χ0v) is 13.8. The molecule has 0 spiro atoms. The number of nitrogens with one attached hydrogen (secondary N) is 1. The van der Waals surface area contributed by atoms with Gasteiger partial charge in [0, 0.05) is 19.2 Å². The fraction of sp³-hybridized carbons (Fsp3) is 0.533. The molecule has 25 heavy (non-hydrogen) atoms. The topological polar surface area (TPSA) is 62.5 Å². The lowest BCUT2D eigenvalue weighted by atomic mass is 10.3. The Morgan fingerprint density at radius 2 is 1.88 bits per heavy atom. The minimum atomic E-state index is -3.03. The van der Waals surface area contributed by atoms with Gasteiger partial charge in [-0.3, -0.25) is 4.79 Å². The van der Waals surface area contributed by atoms with Crippen LogP contribution in [-0.2, 0) is 0 Å². The van der Waals surface area contributed by atoms with E-state index in [1.165, 1.54) is 0 Å². The first-order valence-electron chi connectivity index (χ1n) is 7.84. The number of rotatable bonds is 8. The fourth-order valence-corrected chi connectivity index (χ4v) is 2.35. The first-order chi connectivity index (χ1) is 11.9. The summed E-state index contributed by atoms with van der Waals surface area (Å²) in [5.41, 5.74) is -1.89. The molecule has 0 bridgehead atoms. The highest BCUT2D eigenvalue weighted by atomic mass is 19.3. The Bertz CT molecular complexity index is 730. The Kier molecular flexibility index (Phi) is 6.29. The van der Waals surface area contributed by atoms with Gasteiger partial charge in [-0.25, -0.2) is 27.1 Å². The summed E-state index contributed by atoms with van der Waals surface area (Å²) in [6.45, 7) is 6.63. The Hall–Kier alpha value is -2.23. The normalized spacial score (nSPS) is 11.9. The van der Waals surface area contributed by atoms with Crippen molar-refractivity contribution in [2.45, 2.75) is 26.7 Å². The maximum Gasteiger partial charge on any atom is 0.280 e. The average molecular weight is 361 g/mol. The fourth-order valence-electron chi connectivity index (χ4n) is 2.35. The maximum atomic E-state index is 13.1. The summed E-state index contributed by atoms with van der Waals surface area (Å²) < 4.78 is 52.5. The summed E-state index contributed by atoms with van der Waals surface area (Å²) in [7, 11) is 0. The van der Waals surface area contributed by atoms with E-state index in [-0.39, 0.29) is 11.3 Å². The molecule has 2 aromatic rings. The van der Waals surface area contributed by atoms with Gasteiger partial charge in [-0.2, -0.15) is 5.10 Å². The molecule has 0 saturated heterocycles. The number of carbonyl (C=O) groups excluding carboxylic acids is 1. The van der Waals surface area contributed by atoms with Crippen molar-refractivity contribution in [3.63, 3.8) is 0 Å². The molecule has 10 heteroatoms. The van der Waals surface area contributed by atoms with Gasteiger partial charge in [-0.05, 0) is 19.2 Å². The van der Waals surface area contributed by atoms with Crippen molar-refractivity contribution >= 4 is 11.6 Å². The number of nitrogens with zero attached hydrogens (tertiary/aromatic N) is 4. The summed E-state index contributed by atoms with van der Waals surface area (Å²) in [6, 6.07) is 1.71. The third-order valence-electron chi connectivity index (χ3n) is 3.76. The Morgan fingerprint density at radius 1 is 1.20 bits per heavy atom. The molecule has 0 aromatic carbocycles. The molecule has 2 aromatic heterocycles. The van der Waals surface area contributed by atoms with Gasteiger partial charge >= 0.3 is 0 Å². The smallest absolute Gasteiger partial charge is 0.280 e. The van der Waals surface area contributed by atoms with E-state index >= 15 is 0 Å². The van der Waals surface area contributed by atoms with Gasteiger partial charge in [0.05, 0.1) is 0 Å². The van der Waals surface area contributed by atoms with Crippen LogP contribution in [0.4, 0.5) is 17.6 Å². The Balaban J connectivity index is 2.22. The van der Waals surface area contributed by atoms with E-state index in [4.69, 9.17) is 0 Å². The first-order valence-corrected chi connectivity index (χ1v) is 7.84. The standard InChI is InChI=1S/C15H19F4N5O/c1-3-23(4-2)6-5-20-15(25)10-8-12-21-9(13(16)17)7-11(14(18)19)24(12)22-10/h7-8,13-14H,3-6H2,1-2H3,(H,20,25). The van der Waals surface area contributed by atoms with Crippen molar-refractivity contribution in [3.8, 4) is 0 Å². The monoisotopic (exact) mass is 361 g/mol.